The lowest BCUT2D eigenvalue weighted by molar-refractivity contribution is 0.419. The average Bonchev–Trinajstić information content (AvgIpc) is 2.96. The van der Waals surface area contributed by atoms with E-state index in [1.54, 1.807) is 0 Å². The monoisotopic (exact) mass is 220 g/mol. The smallest absolute Gasteiger partial charge is 0.0222 e. The van der Waals surface area contributed by atoms with Crippen LogP contribution in [0.5, 0.6) is 0 Å². The predicted molar refractivity (Wildman–Crippen MR) is 68.3 cm³/mol. The van der Waals surface area contributed by atoms with Gasteiger partial charge in [-0.15, -0.1) is 0 Å². The number of nitrogens with one attached hydrogen (secondary N) is 2. The van der Waals surface area contributed by atoms with E-state index in [0.29, 0.717) is 6.04 Å². The zero-order valence-corrected chi connectivity index (χ0v) is 10.3. The van der Waals surface area contributed by atoms with E-state index in [-0.39, 0.29) is 0 Å². The third kappa shape index (κ3) is 3.67. The van der Waals surface area contributed by atoms with Crippen LogP contribution in [-0.2, 0) is 6.54 Å². The largest absolute Gasteiger partial charge is 0.367 e. The predicted octanol–water partition coefficient (Wildman–Crippen LogP) is 3.46. The number of hydrogen-bond donors (Lipinski definition) is 2. The zero-order chi connectivity index (χ0) is 11.2. The van der Waals surface area contributed by atoms with Crippen LogP contribution >= 0.6 is 0 Å². The van der Waals surface area contributed by atoms with Crippen molar-refractivity contribution in [2.24, 2.45) is 5.92 Å². The minimum absolute atomic E-state index is 0.649. The highest BCUT2D eigenvalue weighted by Crippen LogP contribution is 2.28. The first kappa shape index (κ1) is 11.7. The molecule has 0 aromatic carbocycles. The quantitative estimate of drug-likeness (QED) is 0.755. The molecule has 1 heterocycles. The molecule has 1 aliphatic carbocycles. The first-order valence-electron chi connectivity index (χ1n) is 6.69. The summed E-state index contributed by atoms with van der Waals surface area (Å²) in [5, 5.41) is 3.59. The van der Waals surface area contributed by atoms with Crippen LogP contribution in [0.1, 0.15) is 51.0 Å². The molecule has 2 heteroatoms. The van der Waals surface area contributed by atoms with Crippen molar-refractivity contribution >= 4 is 0 Å². The molecular formula is C14H24N2. The first-order chi connectivity index (χ1) is 7.84. The normalized spacial score (nSPS) is 19.1. The van der Waals surface area contributed by atoms with E-state index in [2.05, 4.69) is 29.5 Å². The maximum atomic E-state index is 3.59. The number of rotatable bonds is 6. The first-order valence-corrected chi connectivity index (χ1v) is 6.69. The second-order valence-electron chi connectivity index (χ2n) is 5.23. The summed E-state index contributed by atoms with van der Waals surface area (Å²) in [7, 11) is 0. The van der Waals surface area contributed by atoms with E-state index in [1.165, 1.54) is 44.1 Å². The van der Waals surface area contributed by atoms with E-state index in [9.17, 15) is 0 Å². The summed E-state index contributed by atoms with van der Waals surface area (Å²) in [6.45, 7) is 3.30. The Morgan fingerprint density at radius 1 is 1.44 bits per heavy atom. The van der Waals surface area contributed by atoms with Gasteiger partial charge in [-0.05, 0) is 37.3 Å². The van der Waals surface area contributed by atoms with Crippen molar-refractivity contribution < 1.29 is 0 Å². The molecule has 1 aromatic heterocycles. The highest BCUT2D eigenvalue weighted by Gasteiger charge is 2.15. The van der Waals surface area contributed by atoms with Gasteiger partial charge in [0.1, 0.15) is 0 Å². The molecule has 0 aliphatic heterocycles. The maximum absolute atomic E-state index is 3.59. The van der Waals surface area contributed by atoms with Crippen LogP contribution < -0.4 is 5.32 Å². The molecule has 1 saturated carbocycles. The lowest BCUT2D eigenvalue weighted by Gasteiger charge is -2.15. The van der Waals surface area contributed by atoms with Gasteiger partial charge in [-0.1, -0.05) is 25.7 Å². The van der Waals surface area contributed by atoms with E-state index in [4.69, 9.17) is 0 Å². The van der Waals surface area contributed by atoms with Gasteiger partial charge in [0.05, 0.1) is 0 Å². The van der Waals surface area contributed by atoms with Gasteiger partial charge in [0.15, 0.2) is 0 Å². The number of aromatic amines is 1. The van der Waals surface area contributed by atoms with E-state index < -0.39 is 0 Å². The van der Waals surface area contributed by atoms with Gasteiger partial charge in [-0.2, -0.15) is 0 Å². The molecule has 1 atom stereocenters. The highest BCUT2D eigenvalue weighted by atomic mass is 14.9. The fourth-order valence-corrected chi connectivity index (χ4v) is 2.65. The van der Waals surface area contributed by atoms with Crippen molar-refractivity contribution in [2.45, 2.75) is 58.0 Å². The third-order valence-electron chi connectivity index (χ3n) is 3.80. The van der Waals surface area contributed by atoms with Gasteiger partial charge in [0.2, 0.25) is 0 Å². The lowest BCUT2D eigenvalue weighted by atomic mass is 9.99. The maximum Gasteiger partial charge on any atom is 0.0222 e. The van der Waals surface area contributed by atoms with Crippen LogP contribution in [-0.4, -0.2) is 11.0 Å². The van der Waals surface area contributed by atoms with Gasteiger partial charge >= 0.3 is 0 Å². The number of aromatic nitrogens is 1. The molecule has 2 nitrogen and oxygen atoms in total. The molecule has 1 aliphatic rings. The van der Waals surface area contributed by atoms with Crippen molar-refractivity contribution in [3.8, 4) is 0 Å². The summed E-state index contributed by atoms with van der Waals surface area (Å²) in [6, 6.07) is 2.78. The molecule has 2 N–H and O–H groups in total. The third-order valence-corrected chi connectivity index (χ3v) is 3.80. The Labute approximate surface area is 98.8 Å². The van der Waals surface area contributed by atoms with Gasteiger partial charge < -0.3 is 10.3 Å². The highest BCUT2D eigenvalue weighted by molar-refractivity contribution is 5.07. The van der Waals surface area contributed by atoms with Crippen molar-refractivity contribution in [3.05, 3.63) is 24.0 Å². The van der Waals surface area contributed by atoms with E-state index in [0.717, 1.165) is 12.5 Å². The van der Waals surface area contributed by atoms with Crippen LogP contribution in [0.25, 0.3) is 0 Å². The zero-order valence-electron chi connectivity index (χ0n) is 10.3. The molecule has 1 unspecified atom stereocenters. The van der Waals surface area contributed by atoms with Crippen LogP contribution in [0.15, 0.2) is 18.5 Å². The Morgan fingerprint density at radius 2 is 2.25 bits per heavy atom. The Kier molecular flexibility index (Phi) is 4.46. The summed E-state index contributed by atoms with van der Waals surface area (Å²) >= 11 is 0. The summed E-state index contributed by atoms with van der Waals surface area (Å²) in [5.41, 5.74) is 1.35. The summed E-state index contributed by atoms with van der Waals surface area (Å²) in [4.78, 5) is 3.09. The van der Waals surface area contributed by atoms with Crippen LogP contribution in [0, 0.1) is 5.92 Å². The van der Waals surface area contributed by atoms with Crippen LogP contribution in [0.3, 0.4) is 0 Å². The minimum Gasteiger partial charge on any atom is -0.367 e. The lowest BCUT2D eigenvalue weighted by Crippen LogP contribution is -2.25. The Bertz CT molecular complexity index is 273. The number of hydrogen-bond acceptors (Lipinski definition) is 1. The second kappa shape index (κ2) is 6.09. The van der Waals surface area contributed by atoms with Gasteiger partial charge in [-0.25, -0.2) is 0 Å². The van der Waals surface area contributed by atoms with Gasteiger partial charge in [-0.3, -0.25) is 0 Å². The molecule has 90 valence electrons. The molecule has 16 heavy (non-hydrogen) atoms. The Morgan fingerprint density at radius 3 is 2.94 bits per heavy atom. The molecule has 2 rings (SSSR count). The van der Waals surface area contributed by atoms with Crippen molar-refractivity contribution in [3.63, 3.8) is 0 Å². The van der Waals surface area contributed by atoms with Crippen LogP contribution in [0.2, 0.25) is 0 Å². The molecule has 0 amide bonds. The SMILES string of the molecule is CC(CCC1CCCC1)NCc1cc[nH]c1. The number of H-pyrrole nitrogens is 1. The Hall–Kier alpha value is -0.760. The van der Waals surface area contributed by atoms with Crippen molar-refractivity contribution in [1.82, 2.24) is 10.3 Å². The molecule has 0 spiro atoms. The van der Waals surface area contributed by atoms with Gasteiger partial charge in [0, 0.05) is 25.0 Å². The molecule has 0 bridgehead atoms. The summed E-state index contributed by atoms with van der Waals surface area (Å²) < 4.78 is 0. The molecule has 1 fully saturated rings. The van der Waals surface area contributed by atoms with Crippen molar-refractivity contribution in [1.29, 1.82) is 0 Å². The molecule has 0 radical (unpaired) electrons. The standard InChI is InChI=1S/C14H24N2/c1-12(6-7-13-4-2-3-5-13)16-11-14-8-9-15-10-14/h8-10,12-13,15-16H,2-7,11H2,1H3. The average molecular weight is 220 g/mol. The van der Waals surface area contributed by atoms with Crippen molar-refractivity contribution in [2.75, 3.05) is 0 Å². The summed E-state index contributed by atoms with van der Waals surface area (Å²) in [5.74, 6) is 1.02. The van der Waals surface area contributed by atoms with E-state index >= 15 is 0 Å². The fraction of sp³-hybridized carbons (Fsp3) is 0.714. The molecule has 1 aromatic rings. The minimum atomic E-state index is 0.649. The van der Waals surface area contributed by atoms with E-state index in [1.807, 2.05) is 6.20 Å². The molecular weight excluding hydrogens is 196 g/mol. The summed E-state index contributed by atoms with van der Waals surface area (Å²) in [6.07, 6.45) is 12.7. The fourth-order valence-electron chi connectivity index (χ4n) is 2.65. The van der Waals surface area contributed by atoms with Gasteiger partial charge in [0.25, 0.3) is 0 Å². The molecule has 0 saturated heterocycles. The topological polar surface area (TPSA) is 27.8 Å². The van der Waals surface area contributed by atoms with Crippen LogP contribution in [0.4, 0.5) is 0 Å². The second-order valence-corrected chi connectivity index (χ2v) is 5.23. The Balaban J connectivity index is 1.58.